The van der Waals surface area contributed by atoms with Crippen LogP contribution in [0, 0.1) is 0 Å². The number of aromatic amines is 1. The molecule has 23 heavy (non-hydrogen) atoms. The molecule has 0 saturated heterocycles. The Morgan fingerprint density at radius 3 is 2.65 bits per heavy atom. The molecule has 1 aromatic heterocycles. The van der Waals surface area contributed by atoms with Gasteiger partial charge < -0.3 is 15.0 Å². The highest BCUT2D eigenvalue weighted by Gasteiger charge is 2.17. The lowest BCUT2D eigenvalue weighted by Gasteiger charge is -2.06. The highest BCUT2D eigenvalue weighted by Crippen LogP contribution is 2.19. The molecular formula is C18H17N3O2. The Balaban J connectivity index is 1.96. The van der Waals surface area contributed by atoms with Crippen molar-refractivity contribution in [3.8, 4) is 0 Å². The molecule has 1 heterocycles. The third-order valence-electron chi connectivity index (χ3n) is 3.30. The monoisotopic (exact) mass is 307 g/mol. The van der Waals surface area contributed by atoms with Gasteiger partial charge in [0.1, 0.15) is 11.4 Å². The number of benzene rings is 2. The summed E-state index contributed by atoms with van der Waals surface area (Å²) in [5, 5.41) is 3.10. The third kappa shape index (κ3) is 3.40. The first-order valence-corrected chi connectivity index (χ1v) is 7.42. The van der Waals surface area contributed by atoms with Gasteiger partial charge in [-0.3, -0.25) is 0 Å². The summed E-state index contributed by atoms with van der Waals surface area (Å²) in [5.41, 5.74) is 2.91. The quantitative estimate of drug-likeness (QED) is 0.558. The standard InChI is InChI=1S/C18H17N3O2/c1-2-23-18(22)14(12-19-13-8-4-3-5-9-13)17-20-15-10-6-7-11-16(15)21-17/h3-12,19H,2H2,1H3,(H,20,21)/b14-12-. The van der Waals surface area contributed by atoms with Gasteiger partial charge in [0.25, 0.3) is 0 Å². The summed E-state index contributed by atoms with van der Waals surface area (Å²) in [6.07, 6.45) is 1.62. The average Bonchev–Trinajstić information content (AvgIpc) is 3.00. The van der Waals surface area contributed by atoms with Crippen molar-refractivity contribution in [2.75, 3.05) is 11.9 Å². The minimum atomic E-state index is -0.421. The average molecular weight is 307 g/mol. The molecule has 5 heteroatoms. The zero-order chi connectivity index (χ0) is 16.1. The number of para-hydroxylation sites is 3. The summed E-state index contributed by atoms with van der Waals surface area (Å²) in [7, 11) is 0. The molecule has 116 valence electrons. The van der Waals surface area contributed by atoms with Crippen molar-refractivity contribution < 1.29 is 9.53 Å². The van der Waals surface area contributed by atoms with E-state index in [4.69, 9.17) is 4.74 Å². The fraction of sp³-hybridized carbons (Fsp3) is 0.111. The van der Waals surface area contributed by atoms with Gasteiger partial charge in [-0.05, 0) is 31.2 Å². The number of hydrogen-bond acceptors (Lipinski definition) is 4. The summed E-state index contributed by atoms with van der Waals surface area (Å²) >= 11 is 0. The molecule has 0 bridgehead atoms. The number of rotatable bonds is 5. The van der Waals surface area contributed by atoms with Crippen LogP contribution in [0.1, 0.15) is 12.7 Å². The molecule has 0 aliphatic carbocycles. The molecule has 0 amide bonds. The van der Waals surface area contributed by atoms with Gasteiger partial charge in [0.2, 0.25) is 0 Å². The summed E-state index contributed by atoms with van der Waals surface area (Å²) in [5.74, 6) is 0.0584. The second kappa shape index (κ2) is 6.79. The Bertz CT molecular complexity index is 805. The number of carbonyl (C=O) groups is 1. The van der Waals surface area contributed by atoms with Crippen LogP contribution in [0.3, 0.4) is 0 Å². The number of imidazole rings is 1. The molecule has 0 atom stereocenters. The SMILES string of the molecule is CCOC(=O)/C(=C\Nc1ccccc1)c1nc2ccccc2[nH]1. The number of H-pyrrole nitrogens is 1. The van der Waals surface area contributed by atoms with Crippen molar-refractivity contribution in [2.45, 2.75) is 6.92 Å². The predicted octanol–water partition coefficient (Wildman–Crippen LogP) is 3.58. The Morgan fingerprint density at radius 2 is 1.91 bits per heavy atom. The van der Waals surface area contributed by atoms with Crippen molar-refractivity contribution in [1.82, 2.24) is 9.97 Å². The lowest BCUT2D eigenvalue weighted by Crippen LogP contribution is -2.09. The molecule has 0 aliphatic rings. The number of ether oxygens (including phenoxy) is 1. The van der Waals surface area contributed by atoms with Crippen molar-refractivity contribution >= 4 is 28.3 Å². The van der Waals surface area contributed by atoms with Gasteiger partial charge in [-0.15, -0.1) is 0 Å². The first-order chi connectivity index (χ1) is 11.3. The van der Waals surface area contributed by atoms with Gasteiger partial charge in [-0.25, -0.2) is 9.78 Å². The Hall–Kier alpha value is -3.08. The number of nitrogens with one attached hydrogen (secondary N) is 2. The number of nitrogens with zero attached hydrogens (tertiary/aromatic N) is 1. The lowest BCUT2D eigenvalue weighted by atomic mass is 10.2. The van der Waals surface area contributed by atoms with Crippen LogP contribution < -0.4 is 5.32 Å². The molecule has 5 nitrogen and oxygen atoms in total. The molecule has 0 fully saturated rings. The molecule has 3 aromatic rings. The Kier molecular flexibility index (Phi) is 4.38. The number of anilines is 1. The normalized spacial score (nSPS) is 11.4. The van der Waals surface area contributed by atoms with Gasteiger partial charge in [0, 0.05) is 11.9 Å². The van der Waals surface area contributed by atoms with E-state index < -0.39 is 5.97 Å². The van der Waals surface area contributed by atoms with Crippen LogP contribution in [0.4, 0.5) is 5.69 Å². The van der Waals surface area contributed by atoms with E-state index in [0.717, 1.165) is 16.7 Å². The van der Waals surface area contributed by atoms with Crippen LogP contribution in [-0.4, -0.2) is 22.5 Å². The molecule has 3 rings (SSSR count). The Morgan fingerprint density at radius 1 is 1.17 bits per heavy atom. The maximum absolute atomic E-state index is 12.3. The van der Waals surface area contributed by atoms with Gasteiger partial charge in [-0.2, -0.15) is 0 Å². The van der Waals surface area contributed by atoms with Gasteiger partial charge >= 0.3 is 5.97 Å². The van der Waals surface area contributed by atoms with Crippen molar-refractivity contribution in [3.63, 3.8) is 0 Å². The number of hydrogen-bond donors (Lipinski definition) is 2. The first-order valence-electron chi connectivity index (χ1n) is 7.42. The van der Waals surface area contributed by atoms with E-state index in [1.165, 1.54) is 0 Å². The van der Waals surface area contributed by atoms with Crippen molar-refractivity contribution in [1.29, 1.82) is 0 Å². The van der Waals surface area contributed by atoms with Crippen LogP contribution >= 0.6 is 0 Å². The summed E-state index contributed by atoms with van der Waals surface area (Å²) < 4.78 is 5.14. The van der Waals surface area contributed by atoms with E-state index in [-0.39, 0.29) is 0 Å². The molecule has 0 saturated carbocycles. The number of esters is 1. The van der Waals surface area contributed by atoms with Crippen LogP contribution in [0.5, 0.6) is 0 Å². The zero-order valence-corrected chi connectivity index (χ0v) is 12.7. The maximum atomic E-state index is 12.3. The molecule has 0 spiro atoms. The maximum Gasteiger partial charge on any atom is 0.343 e. The second-order valence-corrected chi connectivity index (χ2v) is 4.89. The van der Waals surface area contributed by atoms with E-state index >= 15 is 0 Å². The number of aromatic nitrogens is 2. The molecule has 0 aliphatic heterocycles. The van der Waals surface area contributed by atoms with Crippen LogP contribution in [0.25, 0.3) is 16.6 Å². The molecule has 2 aromatic carbocycles. The van der Waals surface area contributed by atoms with E-state index in [9.17, 15) is 4.79 Å². The van der Waals surface area contributed by atoms with Gasteiger partial charge in [-0.1, -0.05) is 30.3 Å². The third-order valence-corrected chi connectivity index (χ3v) is 3.30. The molecule has 2 N–H and O–H groups in total. The fourth-order valence-electron chi connectivity index (χ4n) is 2.20. The molecular weight excluding hydrogens is 290 g/mol. The van der Waals surface area contributed by atoms with Gasteiger partial charge in [0.15, 0.2) is 0 Å². The van der Waals surface area contributed by atoms with Crippen LogP contribution in [0.2, 0.25) is 0 Å². The topological polar surface area (TPSA) is 67.0 Å². The Labute approximate surface area is 134 Å². The van der Waals surface area contributed by atoms with Crippen molar-refractivity contribution in [3.05, 3.63) is 66.6 Å². The zero-order valence-electron chi connectivity index (χ0n) is 12.7. The number of carbonyl (C=O) groups excluding carboxylic acids is 1. The predicted molar refractivity (Wildman–Crippen MR) is 90.8 cm³/mol. The molecule has 0 radical (unpaired) electrons. The summed E-state index contributed by atoms with van der Waals surface area (Å²) in [4.78, 5) is 19.9. The van der Waals surface area contributed by atoms with Crippen molar-refractivity contribution in [2.24, 2.45) is 0 Å². The highest BCUT2D eigenvalue weighted by atomic mass is 16.5. The van der Waals surface area contributed by atoms with E-state index in [1.807, 2.05) is 54.6 Å². The summed E-state index contributed by atoms with van der Waals surface area (Å²) in [6.45, 7) is 2.08. The number of fused-ring (bicyclic) bond motifs is 1. The fourth-order valence-corrected chi connectivity index (χ4v) is 2.20. The van der Waals surface area contributed by atoms with E-state index in [2.05, 4.69) is 15.3 Å². The highest BCUT2D eigenvalue weighted by molar-refractivity contribution is 6.16. The van der Waals surface area contributed by atoms with Crippen LogP contribution in [0.15, 0.2) is 60.8 Å². The van der Waals surface area contributed by atoms with Gasteiger partial charge in [0.05, 0.1) is 17.6 Å². The first kappa shape index (κ1) is 14.8. The van der Waals surface area contributed by atoms with E-state index in [1.54, 1.807) is 13.1 Å². The minimum Gasteiger partial charge on any atom is -0.462 e. The smallest absolute Gasteiger partial charge is 0.343 e. The van der Waals surface area contributed by atoms with E-state index in [0.29, 0.717) is 18.0 Å². The largest absolute Gasteiger partial charge is 0.462 e. The summed E-state index contributed by atoms with van der Waals surface area (Å²) in [6, 6.07) is 17.2. The second-order valence-electron chi connectivity index (χ2n) is 4.89. The molecule has 0 unspecified atom stereocenters. The van der Waals surface area contributed by atoms with Crippen LogP contribution in [-0.2, 0) is 9.53 Å². The minimum absolute atomic E-state index is 0.307. The lowest BCUT2D eigenvalue weighted by molar-refractivity contribution is -0.136.